The molecule has 0 bridgehead atoms. The van der Waals surface area contributed by atoms with Crippen molar-refractivity contribution >= 4 is 15.8 Å². The van der Waals surface area contributed by atoms with Crippen molar-refractivity contribution in [1.29, 1.82) is 0 Å². The van der Waals surface area contributed by atoms with Gasteiger partial charge < -0.3 is 9.84 Å². The molecule has 0 aliphatic heterocycles. The van der Waals surface area contributed by atoms with Gasteiger partial charge in [-0.1, -0.05) is 58.2 Å². The highest BCUT2D eigenvalue weighted by molar-refractivity contribution is 7.90. The van der Waals surface area contributed by atoms with E-state index in [1.54, 1.807) is 24.3 Å². The smallest absolute Gasteiger partial charge is 0.329 e. The monoisotopic (exact) mass is 374 g/mol. The summed E-state index contributed by atoms with van der Waals surface area (Å²) >= 11 is 0. The van der Waals surface area contributed by atoms with Gasteiger partial charge in [-0.25, -0.2) is 13.2 Å². The van der Waals surface area contributed by atoms with E-state index in [-0.39, 0.29) is 6.61 Å². The van der Waals surface area contributed by atoms with E-state index in [1.807, 2.05) is 20.8 Å². The molecule has 25 heavy (non-hydrogen) atoms. The van der Waals surface area contributed by atoms with Crippen molar-refractivity contribution in [2.45, 2.75) is 58.8 Å². The lowest BCUT2D eigenvalue weighted by Gasteiger charge is -2.09. The molecule has 0 heterocycles. The Hall–Kier alpha value is -1.40. The summed E-state index contributed by atoms with van der Waals surface area (Å²) in [6.45, 7) is 10.5. The molecule has 6 heteroatoms. The van der Waals surface area contributed by atoms with E-state index in [1.165, 1.54) is 19.1 Å². The number of ether oxygens (including phenoxy) is 1. The van der Waals surface area contributed by atoms with Crippen LogP contribution in [0.5, 0.6) is 0 Å². The molecule has 1 aromatic rings. The fourth-order valence-corrected chi connectivity index (χ4v) is 2.40. The average Bonchev–Trinajstić information content (AvgIpc) is 2.54. The van der Waals surface area contributed by atoms with Crippen molar-refractivity contribution in [3.05, 3.63) is 29.8 Å². The average molecular weight is 375 g/mol. The van der Waals surface area contributed by atoms with Gasteiger partial charge in [0.2, 0.25) is 0 Å². The molecule has 5 nitrogen and oxygen atoms in total. The molecule has 1 rings (SSSR count). The van der Waals surface area contributed by atoms with Crippen LogP contribution in [0.25, 0.3) is 0 Å². The highest BCUT2D eigenvalue weighted by Crippen LogP contribution is 2.09. The van der Waals surface area contributed by atoms with Gasteiger partial charge in [0.05, 0.1) is 4.90 Å². The van der Waals surface area contributed by atoms with Crippen molar-refractivity contribution in [2.24, 2.45) is 5.92 Å². The molecule has 0 saturated heterocycles. The molecule has 0 spiro atoms. The maximum Gasteiger partial charge on any atom is 0.329 e. The maximum absolute atomic E-state index is 10.9. The van der Waals surface area contributed by atoms with E-state index in [0.29, 0.717) is 17.4 Å². The van der Waals surface area contributed by atoms with Crippen LogP contribution < -0.4 is 0 Å². The number of carboxylic acids is 1. The minimum Gasteiger partial charge on any atom is -0.480 e. The SMILES string of the molecule is CC.CCCCC(C)COCC(=O)O.Cc1ccc(S(C)(=O)=O)cc1. The number of benzene rings is 1. The molecule has 146 valence electrons. The first kappa shape index (κ1) is 25.8. The zero-order valence-electron chi connectivity index (χ0n) is 16.4. The second kappa shape index (κ2) is 14.9. The lowest BCUT2D eigenvalue weighted by molar-refractivity contribution is -0.142. The minimum absolute atomic E-state index is 0.170. The molecule has 1 aromatic carbocycles. The number of hydrogen-bond acceptors (Lipinski definition) is 4. The van der Waals surface area contributed by atoms with Crippen LogP contribution in [0, 0.1) is 12.8 Å². The van der Waals surface area contributed by atoms with Crippen LogP contribution in [-0.2, 0) is 19.4 Å². The number of hydrogen-bond donors (Lipinski definition) is 1. The summed E-state index contributed by atoms with van der Waals surface area (Å²) < 4.78 is 26.8. The Kier molecular flexibility index (Phi) is 15.4. The van der Waals surface area contributed by atoms with Gasteiger partial charge in [0.25, 0.3) is 0 Å². The summed E-state index contributed by atoms with van der Waals surface area (Å²) in [6, 6.07) is 6.81. The summed E-state index contributed by atoms with van der Waals surface area (Å²) in [6.07, 6.45) is 4.70. The predicted molar refractivity (Wildman–Crippen MR) is 103 cm³/mol. The maximum atomic E-state index is 10.9. The van der Waals surface area contributed by atoms with E-state index >= 15 is 0 Å². The molecular formula is C19H34O5S. The van der Waals surface area contributed by atoms with Crippen molar-refractivity contribution in [1.82, 2.24) is 0 Å². The Morgan fingerprint density at radius 2 is 1.72 bits per heavy atom. The van der Waals surface area contributed by atoms with Crippen molar-refractivity contribution in [2.75, 3.05) is 19.5 Å². The molecule has 0 aliphatic carbocycles. The van der Waals surface area contributed by atoms with Gasteiger partial charge >= 0.3 is 5.97 Å². The highest BCUT2D eigenvalue weighted by Gasteiger charge is 2.04. The van der Waals surface area contributed by atoms with E-state index in [4.69, 9.17) is 9.84 Å². The molecular weight excluding hydrogens is 340 g/mol. The van der Waals surface area contributed by atoms with Gasteiger partial charge in [-0.15, -0.1) is 0 Å². The van der Waals surface area contributed by atoms with Gasteiger partial charge in [-0.3, -0.25) is 0 Å². The number of carboxylic acid groups (broad SMARTS) is 1. The third kappa shape index (κ3) is 15.8. The molecule has 0 radical (unpaired) electrons. The number of rotatable bonds is 8. The largest absolute Gasteiger partial charge is 0.480 e. The molecule has 0 aromatic heterocycles. The normalized spacial score (nSPS) is 11.4. The van der Waals surface area contributed by atoms with E-state index < -0.39 is 15.8 Å². The fraction of sp³-hybridized carbons (Fsp3) is 0.632. The Morgan fingerprint density at radius 3 is 2.12 bits per heavy atom. The van der Waals surface area contributed by atoms with Crippen LogP contribution in [-0.4, -0.2) is 39.0 Å². The van der Waals surface area contributed by atoms with Crippen LogP contribution in [0.2, 0.25) is 0 Å². The van der Waals surface area contributed by atoms with Gasteiger partial charge in [0.15, 0.2) is 9.84 Å². The Morgan fingerprint density at radius 1 is 1.20 bits per heavy atom. The number of aliphatic carboxylic acids is 1. The fourth-order valence-electron chi connectivity index (χ4n) is 1.77. The first-order chi connectivity index (χ1) is 11.7. The zero-order chi connectivity index (χ0) is 19.9. The Labute approximate surface area is 153 Å². The number of carbonyl (C=O) groups is 1. The van der Waals surface area contributed by atoms with Crippen LogP contribution in [0.1, 0.15) is 52.5 Å². The first-order valence-electron chi connectivity index (χ1n) is 8.73. The molecule has 0 fully saturated rings. The quantitative estimate of drug-likeness (QED) is 0.732. The minimum atomic E-state index is -3.02. The highest BCUT2D eigenvalue weighted by atomic mass is 32.2. The van der Waals surface area contributed by atoms with Crippen LogP contribution in [0.3, 0.4) is 0 Å². The molecule has 1 N–H and O–H groups in total. The number of sulfone groups is 1. The van der Waals surface area contributed by atoms with Crippen molar-refractivity contribution in [3.63, 3.8) is 0 Å². The topological polar surface area (TPSA) is 80.7 Å². The Bertz CT molecular complexity index is 550. The van der Waals surface area contributed by atoms with Gasteiger partial charge in [-0.05, 0) is 31.4 Å². The number of unbranched alkanes of at least 4 members (excludes halogenated alkanes) is 1. The summed E-state index contributed by atoms with van der Waals surface area (Å²) in [5.74, 6) is -0.415. The van der Waals surface area contributed by atoms with Gasteiger partial charge in [-0.2, -0.15) is 0 Å². The zero-order valence-corrected chi connectivity index (χ0v) is 17.2. The van der Waals surface area contributed by atoms with E-state index in [0.717, 1.165) is 12.0 Å². The van der Waals surface area contributed by atoms with Gasteiger partial charge in [0.1, 0.15) is 6.61 Å². The molecule has 1 unspecified atom stereocenters. The van der Waals surface area contributed by atoms with Crippen LogP contribution in [0.4, 0.5) is 0 Å². The summed E-state index contributed by atoms with van der Waals surface area (Å²) in [4.78, 5) is 10.4. The lowest BCUT2D eigenvalue weighted by Crippen LogP contribution is -2.12. The van der Waals surface area contributed by atoms with Gasteiger partial charge in [0, 0.05) is 12.9 Å². The third-order valence-corrected chi connectivity index (χ3v) is 4.26. The molecule has 1 atom stereocenters. The Balaban J connectivity index is 0. The standard InChI is InChI=1S/C9H18O3.C8H10O2S.C2H6/c1-3-4-5-8(2)6-12-7-9(10)11;1-7-3-5-8(6-4-7)11(2,9)10;1-2/h8H,3-7H2,1-2H3,(H,10,11);3-6H,1-2H3;1-2H3. The second-order valence-electron chi connectivity index (χ2n) is 5.74. The van der Waals surface area contributed by atoms with Crippen molar-refractivity contribution in [3.8, 4) is 0 Å². The molecule has 0 aliphatic rings. The predicted octanol–water partition coefficient (Wildman–Crippen LogP) is 4.34. The lowest BCUT2D eigenvalue weighted by atomic mass is 10.1. The van der Waals surface area contributed by atoms with Crippen LogP contribution >= 0.6 is 0 Å². The third-order valence-electron chi connectivity index (χ3n) is 3.13. The number of aryl methyl sites for hydroxylation is 1. The molecule has 0 saturated carbocycles. The van der Waals surface area contributed by atoms with Crippen LogP contribution in [0.15, 0.2) is 29.2 Å². The first-order valence-corrected chi connectivity index (χ1v) is 10.6. The molecule has 0 amide bonds. The van der Waals surface area contributed by atoms with Crippen molar-refractivity contribution < 1.29 is 23.1 Å². The van der Waals surface area contributed by atoms with E-state index in [2.05, 4.69) is 13.8 Å². The summed E-state index contributed by atoms with van der Waals surface area (Å²) in [5.41, 5.74) is 1.07. The summed E-state index contributed by atoms with van der Waals surface area (Å²) in [7, 11) is -3.02. The van der Waals surface area contributed by atoms with E-state index in [9.17, 15) is 13.2 Å². The second-order valence-corrected chi connectivity index (χ2v) is 7.76. The summed E-state index contributed by atoms with van der Waals surface area (Å²) in [5, 5.41) is 8.28.